The molecule has 106 valence electrons. The Labute approximate surface area is 119 Å². The van der Waals surface area contributed by atoms with E-state index in [1.165, 1.54) is 6.07 Å². The van der Waals surface area contributed by atoms with Crippen molar-refractivity contribution in [2.75, 3.05) is 0 Å². The molecule has 0 bridgehead atoms. The zero-order valence-corrected chi connectivity index (χ0v) is 11.2. The van der Waals surface area contributed by atoms with Crippen LogP contribution in [0.1, 0.15) is 5.56 Å². The van der Waals surface area contributed by atoms with Crippen LogP contribution in [0.3, 0.4) is 0 Å². The van der Waals surface area contributed by atoms with E-state index in [0.29, 0.717) is 5.75 Å². The molecule has 0 atom stereocenters. The third kappa shape index (κ3) is 2.29. The van der Waals surface area contributed by atoms with Gasteiger partial charge in [0.25, 0.3) is 5.95 Å². The third-order valence-electron chi connectivity index (χ3n) is 3.10. The van der Waals surface area contributed by atoms with Crippen LogP contribution in [0, 0.1) is 6.92 Å². The first-order chi connectivity index (χ1) is 10.1. The van der Waals surface area contributed by atoms with Crippen LogP contribution in [0.25, 0.3) is 11.0 Å². The molecule has 0 saturated heterocycles. The molecule has 0 unspecified atom stereocenters. The van der Waals surface area contributed by atoms with Crippen LogP contribution in [0.4, 0.5) is 0 Å². The monoisotopic (exact) mass is 284 g/mol. The molecule has 5 heteroatoms. The number of phenolic OH excluding ortho intramolecular Hbond substituents is 2. The van der Waals surface area contributed by atoms with Gasteiger partial charge in [-0.05, 0) is 19.1 Å². The summed E-state index contributed by atoms with van der Waals surface area (Å²) >= 11 is 0. The fourth-order valence-electron chi connectivity index (χ4n) is 2.04. The second-order valence-electron chi connectivity index (χ2n) is 4.60. The van der Waals surface area contributed by atoms with E-state index in [0.717, 1.165) is 6.07 Å². The van der Waals surface area contributed by atoms with E-state index < -0.39 is 5.43 Å². The van der Waals surface area contributed by atoms with Crippen molar-refractivity contribution in [2.45, 2.75) is 6.92 Å². The minimum Gasteiger partial charge on any atom is -0.508 e. The molecule has 3 aromatic rings. The first-order valence-electron chi connectivity index (χ1n) is 6.28. The van der Waals surface area contributed by atoms with Gasteiger partial charge < -0.3 is 19.4 Å². The number of fused-ring (bicyclic) bond motifs is 1. The highest BCUT2D eigenvalue weighted by Crippen LogP contribution is 2.32. The van der Waals surface area contributed by atoms with Gasteiger partial charge >= 0.3 is 0 Å². The second kappa shape index (κ2) is 4.86. The SMILES string of the molecule is Cc1c(Oc2ccccc2)oc2cc(O)cc(O)c2c1=O. The van der Waals surface area contributed by atoms with E-state index >= 15 is 0 Å². The molecule has 0 radical (unpaired) electrons. The van der Waals surface area contributed by atoms with Crippen LogP contribution in [0.15, 0.2) is 51.7 Å². The highest BCUT2D eigenvalue weighted by Gasteiger charge is 2.16. The summed E-state index contributed by atoms with van der Waals surface area (Å²) in [6, 6.07) is 11.2. The lowest BCUT2D eigenvalue weighted by atomic mass is 10.1. The Kier molecular flexibility index (Phi) is 3.02. The summed E-state index contributed by atoms with van der Waals surface area (Å²) in [5.74, 6) is 0.0296. The van der Waals surface area contributed by atoms with Crippen molar-refractivity contribution >= 4 is 11.0 Å². The molecule has 0 spiro atoms. The molecule has 2 aromatic carbocycles. The number of hydrogen-bond acceptors (Lipinski definition) is 5. The van der Waals surface area contributed by atoms with Gasteiger partial charge in [0.15, 0.2) is 0 Å². The van der Waals surface area contributed by atoms with Crippen molar-refractivity contribution in [3.05, 3.63) is 58.3 Å². The molecule has 0 fully saturated rings. The fourth-order valence-corrected chi connectivity index (χ4v) is 2.04. The summed E-state index contributed by atoms with van der Waals surface area (Å²) in [4.78, 5) is 12.3. The van der Waals surface area contributed by atoms with Crippen LogP contribution < -0.4 is 10.2 Å². The lowest BCUT2D eigenvalue weighted by Gasteiger charge is -2.09. The van der Waals surface area contributed by atoms with E-state index in [1.54, 1.807) is 31.2 Å². The molecule has 5 nitrogen and oxygen atoms in total. The van der Waals surface area contributed by atoms with Gasteiger partial charge in [0.05, 0.1) is 5.56 Å². The number of benzene rings is 2. The predicted octanol–water partition coefficient (Wildman–Crippen LogP) is 3.30. The summed E-state index contributed by atoms with van der Waals surface area (Å²) in [5.41, 5.74) is -0.0962. The van der Waals surface area contributed by atoms with Gasteiger partial charge in [-0.3, -0.25) is 4.79 Å². The van der Waals surface area contributed by atoms with Crippen LogP contribution >= 0.6 is 0 Å². The third-order valence-corrected chi connectivity index (χ3v) is 3.10. The quantitative estimate of drug-likeness (QED) is 0.754. The Morgan fingerprint density at radius 1 is 1.10 bits per heavy atom. The largest absolute Gasteiger partial charge is 0.508 e. The van der Waals surface area contributed by atoms with Crippen LogP contribution in [-0.4, -0.2) is 10.2 Å². The highest BCUT2D eigenvalue weighted by atomic mass is 16.6. The number of ether oxygens (including phenoxy) is 1. The smallest absolute Gasteiger partial charge is 0.297 e. The normalized spacial score (nSPS) is 10.7. The minimum atomic E-state index is -0.403. The summed E-state index contributed by atoms with van der Waals surface area (Å²) in [5, 5.41) is 19.3. The molecule has 0 aliphatic heterocycles. The van der Waals surface area contributed by atoms with Crippen LogP contribution in [0.5, 0.6) is 23.2 Å². The Bertz CT molecular complexity index is 865. The predicted molar refractivity (Wildman–Crippen MR) is 77.1 cm³/mol. The van der Waals surface area contributed by atoms with Crippen LogP contribution in [0.2, 0.25) is 0 Å². The van der Waals surface area contributed by atoms with Crippen LogP contribution in [-0.2, 0) is 0 Å². The summed E-state index contributed by atoms with van der Waals surface area (Å²) in [6.45, 7) is 1.55. The molecule has 0 saturated carbocycles. The van der Waals surface area contributed by atoms with Gasteiger partial charge in [-0.1, -0.05) is 18.2 Å². The molecule has 1 heterocycles. The van der Waals surface area contributed by atoms with Crippen molar-refractivity contribution in [2.24, 2.45) is 0 Å². The van der Waals surface area contributed by atoms with E-state index in [2.05, 4.69) is 0 Å². The van der Waals surface area contributed by atoms with Gasteiger partial charge in [-0.2, -0.15) is 0 Å². The van der Waals surface area contributed by atoms with Gasteiger partial charge in [0.1, 0.15) is 28.2 Å². The minimum absolute atomic E-state index is 0.0192. The number of aromatic hydroxyl groups is 2. The molecular weight excluding hydrogens is 272 g/mol. The standard InChI is InChI=1S/C16H12O5/c1-9-15(19)14-12(18)7-10(17)8-13(14)21-16(9)20-11-5-3-2-4-6-11/h2-8,17-18H,1H3. The van der Waals surface area contributed by atoms with Crippen molar-refractivity contribution < 1.29 is 19.4 Å². The van der Waals surface area contributed by atoms with E-state index in [4.69, 9.17) is 9.15 Å². The van der Waals surface area contributed by atoms with Gasteiger partial charge in [-0.25, -0.2) is 0 Å². The maximum Gasteiger partial charge on any atom is 0.297 e. The summed E-state index contributed by atoms with van der Waals surface area (Å²) < 4.78 is 11.0. The van der Waals surface area contributed by atoms with Gasteiger partial charge in [0, 0.05) is 12.1 Å². The molecule has 3 rings (SSSR count). The summed E-state index contributed by atoms with van der Waals surface area (Å²) in [7, 11) is 0. The Balaban J connectivity index is 2.21. The molecule has 1 aromatic heterocycles. The second-order valence-corrected chi connectivity index (χ2v) is 4.60. The van der Waals surface area contributed by atoms with E-state index in [9.17, 15) is 15.0 Å². The first-order valence-corrected chi connectivity index (χ1v) is 6.28. The molecule has 2 N–H and O–H groups in total. The molecule has 0 amide bonds. The fraction of sp³-hybridized carbons (Fsp3) is 0.0625. The van der Waals surface area contributed by atoms with E-state index in [1.807, 2.05) is 6.07 Å². The van der Waals surface area contributed by atoms with E-state index in [-0.39, 0.29) is 34.0 Å². The molecule has 0 aliphatic rings. The van der Waals surface area contributed by atoms with Crippen molar-refractivity contribution in [1.82, 2.24) is 0 Å². The maximum atomic E-state index is 12.3. The number of phenols is 2. The lowest BCUT2D eigenvalue weighted by Crippen LogP contribution is -2.07. The molecule has 0 aliphatic carbocycles. The van der Waals surface area contributed by atoms with Crippen molar-refractivity contribution in [3.63, 3.8) is 0 Å². The summed E-state index contributed by atoms with van der Waals surface area (Å²) in [6.07, 6.45) is 0. The lowest BCUT2D eigenvalue weighted by molar-refractivity contribution is 0.348. The highest BCUT2D eigenvalue weighted by molar-refractivity contribution is 5.85. The van der Waals surface area contributed by atoms with Gasteiger partial charge in [0.2, 0.25) is 5.43 Å². The average molecular weight is 284 g/mol. The topological polar surface area (TPSA) is 79.9 Å². The Hall–Kier alpha value is -2.95. The van der Waals surface area contributed by atoms with Crippen molar-refractivity contribution in [1.29, 1.82) is 0 Å². The number of hydrogen-bond donors (Lipinski definition) is 2. The molecule has 21 heavy (non-hydrogen) atoms. The molecular formula is C16H12O5. The zero-order chi connectivity index (χ0) is 15.0. The average Bonchev–Trinajstić information content (AvgIpc) is 2.44. The number of rotatable bonds is 2. The Morgan fingerprint density at radius 2 is 1.81 bits per heavy atom. The first kappa shape index (κ1) is 13.1. The zero-order valence-electron chi connectivity index (χ0n) is 11.2. The van der Waals surface area contributed by atoms with Crippen molar-refractivity contribution in [3.8, 4) is 23.2 Å². The maximum absolute atomic E-state index is 12.3. The van der Waals surface area contributed by atoms with Gasteiger partial charge in [-0.15, -0.1) is 0 Å². The number of para-hydroxylation sites is 1. The Morgan fingerprint density at radius 3 is 2.52 bits per heavy atom.